The molecule has 10 rings (SSSR count). The van der Waals surface area contributed by atoms with Crippen molar-refractivity contribution in [2.45, 2.75) is 0 Å². The maximum atomic E-state index is 6.11. The number of fused-ring (bicyclic) bond motifs is 4. The summed E-state index contributed by atoms with van der Waals surface area (Å²) in [6, 6.07) is 58.3. The molecular weight excluding hydrogens is 657 g/mol. The molecule has 0 amide bonds. The van der Waals surface area contributed by atoms with Crippen molar-refractivity contribution in [2.75, 3.05) is 0 Å². The van der Waals surface area contributed by atoms with Crippen LogP contribution in [0, 0.1) is 0 Å². The summed E-state index contributed by atoms with van der Waals surface area (Å²) < 4.78 is 8.49. The highest BCUT2D eigenvalue weighted by molar-refractivity contribution is 7.26. The first-order valence-corrected chi connectivity index (χ1v) is 17.9. The van der Waals surface area contributed by atoms with Gasteiger partial charge in [-0.25, -0.2) is 19.9 Å². The van der Waals surface area contributed by atoms with E-state index in [4.69, 9.17) is 24.4 Å². The number of hydrogen-bond donors (Lipinski definition) is 0. The highest BCUT2D eigenvalue weighted by atomic mass is 32.1. The molecule has 0 aliphatic rings. The van der Waals surface area contributed by atoms with Crippen molar-refractivity contribution in [3.8, 4) is 67.9 Å². The summed E-state index contributed by atoms with van der Waals surface area (Å²) >= 11 is 1.78. The number of nitrogens with zero attached hydrogens (tertiary/aromatic N) is 4. The molecule has 52 heavy (non-hydrogen) atoms. The molecule has 3 heterocycles. The van der Waals surface area contributed by atoms with Crippen LogP contribution in [0.15, 0.2) is 174 Å². The number of hydrogen-bond acceptors (Lipinski definition) is 6. The van der Waals surface area contributed by atoms with Crippen molar-refractivity contribution in [3.05, 3.63) is 170 Å². The Morgan fingerprint density at radius 1 is 0.385 bits per heavy atom. The zero-order chi connectivity index (χ0) is 34.4. The summed E-state index contributed by atoms with van der Waals surface area (Å²) in [5.41, 5.74) is 9.87. The summed E-state index contributed by atoms with van der Waals surface area (Å²) in [5, 5.41) is 2.29. The Morgan fingerprint density at radius 2 is 0.981 bits per heavy atom. The third-order valence-corrected chi connectivity index (χ3v) is 10.5. The minimum atomic E-state index is 0.613. The van der Waals surface area contributed by atoms with E-state index in [0.717, 1.165) is 66.4 Å². The largest absolute Gasteiger partial charge is 0.436 e. The third kappa shape index (κ3) is 5.43. The van der Waals surface area contributed by atoms with Gasteiger partial charge in [-0.1, -0.05) is 121 Å². The fourth-order valence-electron chi connectivity index (χ4n) is 6.83. The molecule has 0 unspecified atom stereocenters. The Balaban J connectivity index is 1.12. The van der Waals surface area contributed by atoms with E-state index in [9.17, 15) is 0 Å². The van der Waals surface area contributed by atoms with Crippen LogP contribution >= 0.6 is 11.3 Å². The third-order valence-electron chi connectivity index (χ3n) is 9.37. The Hall–Kier alpha value is -6.76. The lowest BCUT2D eigenvalue weighted by molar-refractivity contribution is 0.620. The van der Waals surface area contributed by atoms with Crippen molar-refractivity contribution in [1.82, 2.24) is 19.9 Å². The smallest absolute Gasteiger partial charge is 0.227 e. The summed E-state index contributed by atoms with van der Waals surface area (Å²) in [4.78, 5) is 20.1. The Kier molecular flexibility index (Phi) is 7.25. The van der Waals surface area contributed by atoms with Gasteiger partial charge in [0, 0.05) is 42.4 Å². The normalized spacial score (nSPS) is 11.5. The van der Waals surface area contributed by atoms with Gasteiger partial charge in [-0.05, 0) is 70.8 Å². The van der Waals surface area contributed by atoms with Gasteiger partial charge in [0.15, 0.2) is 23.1 Å². The molecule has 0 N–H and O–H groups in total. The van der Waals surface area contributed by atoms with Crippen LogP contribution in [0.4, 0.5) is 0 Å². The van der Waals surface area contributed by atoms with Gasteiger partial charge in [0.25, 0.3) is 0 Å². The molecule has 7 aromatic carbocycles. The van der Waals surface area contributed by atoms with Crippen LogP contribution in [-0.4, -0.2) is 19.9 Å². The van der Waals surface area contributed by atoms with E-state index in [2.05, 4.69) is 103 Å². The minimum Gasteiger partial charge on any atom is -0.436 e. The van der Waals surface area contributed by atoms with Gasteiger partial charge in [-0.15, -0.1) is 11.3 Å². The Morgan fingerprint density at radius 3 is 1.79 bits per heavy atom. The summed E-state index contributed by atoms with van der Waals surface area (Å²) in [5.74, 6) is 2.53. The first-order valence-electron chi connectivity index (χ1n) is 17.1. The van der Waals surface area contributed by atoms with E-state index in [1.165, 1.54) is 9.40 Å². The molecule has 5 nitrogen and oxygen atoms in total. The van der Waals surface area contributed by atoms with Gasteiger partial charge in [0.05, 0.1) is 0 Å². The van der Waals surface area contributed by atoms with Crippen LogP contribution in [0.25, 0.3) is 99.1 Å². The van der Waals surface area contributed by atoms with Crippen molar-refractivity contribution < 1.29 is 4.42 Å². The predicted molar refractivity (Wildman–Crippen MR) is 213 cm³/mol. The van der Waals surface area contributed by atoms with E-state index < -0.39 is 0 Å². The quantitative estimate of drug-likeness (QED) is 0.174. The number of rotatable bonds is 6. The minimum absolute atomic E-state index is 0.613. The van der Waals surface area contributed by atoms with Gasteiger partial charge < -0.3 is 4.42 Å². The fraction of sp³-hybridized carbons (Fsp3) is 0. The molecule has 0 spiro atoms. The second-order valence-corrected chi connectivity index (χ2v) is 13.8. The standard InChI is InChI=1S/C46H28N4OS/c1-3-12-29(13-4-1)31-16-9-18-34(26-31)44-48-43(30-14-5-2-6-15-30)49-45(50-44)36-20-11-23-41-42(36)37-28-33(24-25-40(37)52-41)32-17-10-19-35(27-32)46-47-38-21-7-8-22-39(38)51-46/h1-28H. The topological polar surface area (TPSA) is 64.7 Å². The van der Waals surface area contributed by atoms with Crippen LogP contribution < -0.4 is 0 Å². The highest BCUT2D eigenvalue weighted by Crippen LogP contribution is 2.42. The lowest BCUT2D eigenvalue weighted by Gasteiger charge is -2.11. The van der Waals surface area contributed by atoms with Crippen LogP contribution in [-0.2, 0) is 0 Å². The average Bonchev–Trinajstić information content (AvgIpc) is 3.83. The lowest BCUT2D eigenvalue weighted by atomic mass is 9.99. The van der Waals surface area contributed by atoms with E-state index in [-0.39, 0.29) is 0 Å². The van der Waals surface area contributed by atoms with Crippen molar-refractivity contribution >= 4 is 42.6 Å². The number of thiophene rings is 1. The van der Waals surface area contributed by atoms with Crippen LogP contribution in [0.2, 0.25) is 0 Å². The molecule has 3 aromatic heterocycles. The maximum absolute atomic E-state index is 6.11. The van der Waals surface area contributed by atoms with Gasteiger partial charge in [0.2, 0.25) is 5.89 Å². The van der Waals surface area contributed by atoms with Crippen molar-refractivity contribution in [3.63, 3.8) is 0 Å². The number of benzene rings is 7. The molecule has 0 aliphatic carbocycles. The second-order valence-electron chi connectivity index (χ2n) is 12.7. The van der Waals surface area contributed by atoms with Crippen LogP contribution in [0.3, 0.4) is 0 Å². The average molecular weight is 685 g/mol. The predicted octanol–water partition coefficient (Wildman–Crippen LogP) is 12.4. The molecule has 0 radical (unpaired) electrons. The number of para-hydroxylation sites is 2. The van der Waals surface area contributed by atoms with Crippen molar-refractivity contribution in [2.24, 2.45) is 0 Å². The van der Waals surface area contributed by atoms with E-state index in [1.54, 1.807) is 11.3 Å². The first-order chi connectivity index (χ1) is 25.7. The van der Waals surface area contributed by atoms with Gasteiger partial charge >= 0.3 is 0 Å². The SMILES string of the molecule is c1ccc(-c2cccc(-c3nc(-c4ccccc4)nc(-c4cccc5sc6ccc(-c7cccc(-c8nc9ccccc9o8)c7)cc6c45)n3)c2)cc1. The zero-order valence-electron chi connectivity index (χ0n) is 27.8. The van der Waals surface area contributed by atoms with Gasteiger partial charge in [-0.3, -0.25) is 0 Å². The molecule has 0 fully saturated rings. The summed E-state index contributed by atoms with van der Waals surface area (Å²) in [6.07, 6.45) is 0. The lowest BCUT2D eigenvalue weighted by Crippen LogP contribution is -2.00. The number of aromatic nitrogens is 4. The maximum Gasteiger partial charge on any atom is 0.227 e. The monoisotopic (exact) mass is 684 g/mol. The van der Waals surface area contributed by atoms with E-state index >= 15 is 0 Å². The molecule has 0 bridgehead atoms. The Bertz CT molecular complexity index is 2880. The molecule has 0 atom stereocenters. The molecule has 10 aromatic rings. The molecule has 0 aliphatic heterocycles. The Labute approximate surface area is 303 Å². The fourth-order valence-corrected chi connectivity index (χ4v) is 7.94. The summed E-state index contributed by atoms with van der Waals surface area (Å²) in [6.45, 7) is 0. The van der Waals surface area contributed by atoms with Gasteiger partial charge in [-0.2, -0.15) is 0 Å². The molecule has 6 heteroatoms. The van der Waals surface area contributed by atoms with Crippen LogP contribution in [0.5, 0.6) is 0 Å². The van der Waals surface area contributed by atoms with E-state index in [1.807, 2.05) is 66.7 Å². The molecule has 244 valence electrons. The molecule has 0 saturated heterocycles. The van der Waals surface area contributed by atoms with Crippen molar-refractivity contribution in [1.29, 1.82) is 0 Å². The number of oxazole rings is 1. The van der Waals surface area contributed by atoms with Crippen LogP contribution in [0.1, 0.15) is 0 Å². The van der Waals surface area contributed by atoms with Gasteiger partial charge in [0.1, 0.15) is 5.52 Å². The first kappa shape index (κ1) is 30.1. The molecule has 0 saturated carbocycles. The second kappa shape index (κ2) is 12.5. The summed E-state index contributed by atoms with van der Waals surface area (Å²) in [7, 11) is 0. The zero-order valence-corrected chi connectivity index (χ0v) is 28.6. The van der Waals surface area contributed by atoms with E-state index in [0.29, 0.717) is 23.4 Å². The highest BCUT2D eigenvalue weighted by Gasteiger charge is 2.18. The molecular formula is C46H28N4OS.